The van der Waals surface area contributed by atoms with Gasteiger partial charge >= 0.3 is 0 Å². The maximum Gasteiger partial charge on any atom is 0.257 e. The summed E-state index contributed by atoms with van der Waals surface area (Å²) in [5, 5.41) is 0. The minimum absolute atomic E-state index is 0.472. The standard InChI is InChI=1S/C14H11N2O4/c1-2-15-14-12(18-4-6-20-14)10(1)9-7-11-13(16-8-9)19-5-3-17-11/h1-2,8H,3-6H2. The summed E-state index contributed by atoms with van der Waals surface area (Å²) in [5.41, 5.74) is 1.59. The van der Waals surface area contributed by atoms with Crippen molar-refractivity contribution in [2.75, 3.05) is 26.4 Å². The van der Waals surface area contributed by atoms with Crippen LogP contribution in [-0.4, -0.2) is 36.4 Å². The van der Waals surface area contributed by atoms with Crippen molar-refractivity contribution in [1.29, 1.82) is 0 Å². The molecule has 20 heavy (non-hydrogen) atoms. The molecule has 0 bridgehead atoms. The summed E-state index contributed by atoms with van der Waals surface area (Å²) in [6.45, 7) is 2.02. The van der Waals surface area contributed by atoms with Gasteiger partial charge in [0.2, 0.25) is 0 Å². The van der Waals surface area contributed by atoms with Gasteiger partial charge in [-0.05, 0) is 6.07 Å². The molecule has 0 aromatic carbocycles. The lowest BCUT2D eigenvalue weighted by Gasteiger charge is -2.21. The van der Waals surface area contributed by atoms with Gasteiger partial charge in [-0.3, -0.25) is 0 Å². The first kappa shape index (κ1) is 11.3. The van der Waals surface area contributed by atoms with Crippen LogP contribution in [0.25, 0.3) is 11.1 Å². The van der Waals surface area contributed by atoms with E-state index in [9.17, 15) is 0 Å². The van der Waals surface area contributed by atoms with Crippen molar-refractivity contribution >= 4 is 0 Å². The summed E-state index contributed by atoms with van der Waals surface area (Å²) in [7, 11) is 0. The molecule has 0 N–H and O–H groups in total. The fourth-order valence-electron chi connectivity index (χ4n) is 2.17. The lowest BCUT2D eigenvalue weighted by Crippen LogP contribution is -2.17. The topological polar surface area (TPSA) is 62.7 Å². The van der Waals surface area contributed by atoms with Crippen molar-refractivity contribution in [3.63, 3.8) is 0 Å². The highest BCUT2D eigenvalue weighted by Crippen LogP contribution is 2.40. The molecule has 0 saturated heterocycles. The quantitative estimate of drug-likeness (QED) is 0.783. The smallest absolute Gasteiger partial charge is 0.257 e. The molecule has 2 aromatic rings. The van der Waals surface area contributed by atoms with Crippen LogP contribution in [0.2, 0.25) is 0 Å². The van der Waals surface area contributed by atoms with Gasteiger partial charge in [-0.2, -0.15) is 0 Å². The van der Waals surface area contributed by atoms with Crippen LogP contribution < -0.4 is 18.9 Å². The molecular formula is C14H11N2O4. The van der Waals surface area contributed by atoms with Crippen LogP contribution in [0.15, 0.2) is 18.5 Å². The molecule has 0 fully saturated rings. The minimum Gasteiger partial charge on any atom is -0.484 e. The van der Waals surface area contributed by atoms with Gasteiger partial charge in [0, 0.05) is 29.6 Å². The van der Waals surface area contributed by atoms with Crippen molar-refractivity contribution in [1.82, 2.24) is 9.97 Å². The van der Waals surface area contributed by atoms with E-state index in [0.29, 0.717) is 49.7 Å². The molecule has 0 atom stereocenters. The number of hydrogen-bond acceptors (Lipinski definition) is 6. The predicted octanol–water partition coefficient (Wildman–Crippen LogP) is 1.49. The Morgan fingerprint density at radius 1 is 0.900 bits per heavy atom. The van der Waals surface area contributed by atoms with Crippen LogP contribution in [0.3, 0.4) is 0 Å². The third-order valence-electron chi connectivity index (χ3n) is 3.05. The molecule has 4 heterocycles. The number of nitrogens with zero attached hydrogens (tertiary/aromatic N) is 2. The first-order valence-corrected chi connectivity index (χ1v) is 6.35. The number of pyridine rings is 2. The lowest BCUT2D eigenvalue weighted by molar-refractivity contribution is 0.163. The summed E-state index contributed by atoms with van der Waals surface area (Å²) in [5.74, 6) is 2.11. The van der Waals surface area contributed by atoms with Gasteiger partial charge in [0.25, 0.3) is 11.8 Å². The number of ether oxygens (including phenoxy) is 4. The second-order valence-electron chi connectivity index (χ2n) is 4.32. The molecule has 2 aliphatic rings. The lowest BCUT2D eigenvalue weighted by atomic mass is 10.1. The Labute approximate surface area is 115 Å². The highest BCUT2D eigenvalue weighted by atomic mass is 16.6. The summed E-state index contributed by atoms with van der Waals surface area (Å²) < 4.78 is 22.0. The van der Waals surface area contributed by atoms with Gasteiger partial charge < -0.3 is 18.9 Å². The Hall–Kier alpha value is -2.50. The molecular weight excluding hydrogens is 260 g/mol. The van der Waals surface area contributed by atoms with E-state index < -0.39 is 0 Å². The molecule has 0 saturated carbocycles. The molecule has 1 radical (unpaired) electrons. The van der Waals surface area contributed by atoms with Crippen LogP contribution in [-0.2, 0) is 0 Å². The number of fused-ring (bicyclic) bond motifs is 2. The van der Waals surface area contributed by atoms with E-state index in [1.807, 2.05) is 6.07 Å². The Kier molecular flexibility index (Phi) is 2.58. The molecule has 2 aliphatic heterocycles. The van der Waals surface area contributed by atoms with Gasteiger partial charge in [-0.1, -0.05) is 0 Å². The average molecular weight is 271 g/mol. The molecule has 0 aliphatic carbocycles. The third kappa shape index (κ3) is 1.80. The minimum atomic E-state index is 0.472. The van der Waals surface area contributed by atoms with Crippen LogP contribution in [0.4, 0.5) is 0 Å². The summed E-state index contributed by atoms with van der Waals surface area (Å²) in [4.78, 5) is 8.40. The van der Waals surface area contributed by atoms with Crippen molar-refractivity contribution in [2.24, 2.45) is 0 Å². The van der Waals surface area contributed by atoms with E-state index in [4.69, 9.17) is 18.9 Å². The second-order valence-corrected chi connectivity index (χ2v) is 4.32. The van der Waals surface area contributed by atoms with Crippen LogP contribution in [0, 0.1) is 6.07 Å². The first-order valence-electron chi connectivity index (χ1n) is 6.35. The zero-order valence-corrected chi connectivity index (χ0v) is 10.6. The fourth-order valence-corrected chi connectivity index (χ4v) is 2.17. The molecule has 6 heteroatoms. The number of aromatic nitrogens is 2. The largest absolute Gasteiger partial charge is 0.484 e. The van der Waals surface area contributed by atoms with Gasteiger partial charge in [-0.15, -0.1) is 0 Å². The van der Waals surface area contributed by atoms with E-state index in [1.54, 1.807) is 12.4 Å². The first-order chi connectivity index (χ1) is 9.92. The molecule has 0 spiro atoms. The van der Waals surface area contributed by atoms with E-state index in [0.717, 1.165) is 11.1 Å². The normalized spacial score (nSPS) is 15.8. The third-order valence-corrected chi connectivity index (χ3v) is 3.05. The summed E-state index contributed by atoms with van der Waals surface area (Å²) in [6, 6.07) is 5.00. The zero-order valence-electron chi connectivity index (χ0n) is 10.6. The molecule has 4 rings (SSSR count). The predicted molar refractivity (Wildman–Crippen MR) is 68.3 cm³/mol. The van der Waals surface area contributed by atoms with Crippen molar-refractivity contribution in [3.05, 3.63) is 24.5 Å². The molecule has 0 amide bonds. The van der Waals surface area contributed by atoms with Gasteiger partial charge in [-0.25, -0.2) is 9.97 Å². The number of hydrogen-bond donors (Lipinski definition) is 0. The second kappa shape index (κ2) is 4.56. The summed E-state index contributed by atoms with van der Waals surface area (Å²) in [6.07, 6.45) is 3.36. The van der Waals surface area contributed by atoms with Crippen molar-refractivity contribution in [3.8, 4) is 34.4 Å². The highest BCUT2D eigenvalue weighted by Gasteiger charge is 2.21. The monoisotopic (exact) mass is 271 g/mol. The van der Waals surface area contributed by atoms with Crippen LogP contribution in [0.1, 0.15) is 0 Å². The Morgan fingerprint density at radius 2 is 1.70 bits per heavy atom. The van der Waals surface area contributed by atoms with Gasteiger partial charge in [0.1, 0.15) is 26.4 Å². The highest BCUT2D eigenvalue weighted by molar-refractivity contribution is 5.73. The molecule has 101 valence electrons. The Morgan fingerprint density at radius 3 is 2.65 bits per heavy atom. The van der Waals surface area contributed by atoms with Gasteiger partial charge in [0.05, 0.1) is 0 Å². The van der Waals surface area contributed by atoms with Crippen molar-refractivity contribution in [2.45, 2.75) is 0 Å². The Balaban J connectivity index is 1.81. The van der Waals surface area contributed by atoms with Crippen LogP contribution in [0.5, 0.6) is 23.3 Å². The van der Waals surface area contributed by atoms with E-state index in [2.05, 4.69) is 16.0 Å². The number of rotatable bonds is 1. The molecule has 2 aromatic heterocycles. The zero-order chi connectivity index (χ0) is 13.4. The maximum absolute atomic E-state index is 5.65. The van der Waals surface area contributed by atoms with Gasteiger partial charge in [0.15, 0.2) is 11.5 Å². The average Bonchev–Trinajstić information content (AvgIpc) is 2.54. The van der Waals surface area contributed by atoms with E-state index in [1.165, 1.54) is 0 Å². The molecule has 0 unspecified atom stereocenters. The summed E-state index contributed by atoms with van der Waals surface area (Å²) >= 11 is 0. The SMILES string of the molecule is [c]1c(-c2ccnc3c2OCCO3)cnc2c1OCCO2. The van der Waals surface area contributed by atoms with E-state index in [-0.39, 0.29) is 0 Å². The van der Waals surface area contributed by atoms with Crippen molar-refractivity contribution < 1.29 is 18.9 Å². The Bertz CT molecular complexity index is 660. The van der Waals surface area contributed by atoms with Crippen LogP contribution >= 0.6 is 0 Å². The maximum atomic E-state index is 5.65. The molecule has 6 nitrogen and oxygen atoms in total. The fraction of sp³-hybridized carbons (Fsp3) is 0.286. The van der Waals surface area contributed by atoms with E-state index >= 15 is 0 Å².